The van der Waals surface area contributed by atoms with Crippen LogP contribution >= 0.6 is 0 Å². The van der Waals surface area contributed by atoms with Crippen LogP contribution in [0.1, 0.15) is 27.2 Å². The SMILES string of the molecule is CCN(CC)CC.NCCNCCC(=O)O. The van der Waals surface area contributed by atoms with E-state index in [1.807, 2.05) is 0 Å². The highest BCUT2D eigenvalue weighted by atomic mass is 16.4. The highest BCUT2D eigenvalue weighted by Gasteiger charge is 1.92. The lowest BCUT2D eigenvalue weighted by Crippen LogP contribution is -2.24. The van der Waals surface area contributed by atoms with Crippen LogP contribution < -0.4 is 11.1 Å². The molecule has 0 spiro atoms. The molecule has 0 aliphatic rings. The molecule has 0 bridgehead atoms. The third-order valence-corrected chi connectivity index (χ3v) is 2.18. The van der Waals surface area contributed by atoms with E-state index >= 15 is 0 Å². The predicted octanol–water partition coefficient (Wildman–Crippen LogP) is 0.358. The first kappa shape index (κ1) is 17.7. The molecule has 0 aromatic carbocycles. The van der Waals surface area contributed by atoms with Gasteiger partial charge in [0, 0.05) is 19.6 Å². The maximum atomic E-state index is 9.89. The highest BCUT2D eigenvalue weighted by Crippen LogP contribution is 1.81. The van der Waals surface area contributed by atoms with Crippen molar-refractivity contribution in [1.29, 1.82) is 0 Å². The summed E-state index contributed by atoms with van der Waals surface area (Å²) < 4.78 is 0. The normalized spacial score (nSPS) is 9.81. The number of nitrogens with one attached hydrogen (secondary N) is 1. The fourth-order valence-corrected chi connectivity index (χ4v) is 1.09. The van der Waals surface area contributed by atoms with Gasteiger partial charge in [-0.2, -0.15) is 0 Å². The van der Waals surface area contributed by atoms with Gasteiger partial charge in [0.2, 0.25) is 0 Å². The minimum absolute atomic E-state index is 0.167. The van der Waals surface area contributed by atoms with Crippen LogP contribution in [-0.4, -0.2) is 55.2 Å². The van der Waals surface area contributed by atoms with Crippen molar-refractivity contribution in [2.24, 2.45) is 5.73 Å². The number of nitrogens with two attached hydrogens (primary N) is 1. The van der Waals surface area contributed by atoms with E-state index in [1.54, 1.807) is 0 Å². The number of aliphatic carboxylic acids is 1. The topological polar surface area (TPSA) is 78.6 Å². The lowest BCUT2D eigenvalue weighted by molar-refractivity contribution is -0.136. The van der Waals surface area contributed by atoms with E-state index in [0.717, 1.165) is 0 Å². The summed E-state index contributed by atoms with van der Waals surface area (Å²) in [5.74, 6) is -0.778. The first-order chi connectivity index (χ1) is 7.62. The lowest BCUT2D eigenvalue weighted by Gasteiger charge is -2.13. The molecule has 5 heteroatoms. The Labute approximate surface area is 99.0 Å². The number of hydrogen-bond donors (Lipinski definition) is 3. The monoisotopic (exact) mass is 233 g/mol. The van der Waals surface area contributed by atoms with Gasteiger partial charge in [0.1, 0.15) is 0 Å². The van der Waals surface area contributed by atoms with Crippen LogP contribution in [0.5, 0.6) is 0 Å². The van der Waals surface area contributed by atoms with E-state index in [2.05, 4.69) is 31.0 Å². The van der Waals surface area contributed by atoms with Crippen LogP contribution in [-0.2, 0) is 4.79 Å². The Morgan fingerprint density at radius 1 is 1.19 bits per heavy atom. The van der Waals surface area contributed by atoms with Crippen LogP contribution in [0.4, 0.5) is 0 Å². The molecule has 0 radical (unpaired) electrons. The Balaban J connectivity index is 0. The largest absolute Gasteiger partial charge is 0.481 e. The molecule has 0 saturated heterocycles. The minimum Gasteiger partial charge on any atom is -0.481 e. The Kier molecular flexibility index (Phi) is 15.9. The summed E-state index contributed by atoms with van der Waals surface area (Å²) in [5, 5.41) is 11.0. The van der Waals surface area contributed by atoms with E-state index in [-0.39, 0.29) is 6.42 Å². The van der Waals surface area contributed by atoms with Gasteiger partial charge in [-0.05, 0) is 19.6 Å². The second-order valence-electron chi connectivity index (χ2n) is 3.30. The summed E-state index contributed by atoms with van der Waals surface area (Å²) >= 11 is 0. The van der Waals surface area contributed by atoms with Crippen molar-refractivity contribution >= 4 is 5.97 Å². The molecule has 98 valence electrons. The molecule has 0 unspecified atom stereocenters. The zero-order chi connectivity index (χ0) is 12.8. The van der Waals surface area contributed by atoms with Gasteiger partial charge >= 0.3 is 5.97 Å². The van der Waals surface area contributed by atoms with Crippen molar-refractivity contribution in [2.45, 2.75) is 27.2 Å². The molecular formula is C11H27N3O2. The molecule has 16 heavy (non-hydrogen) atoms. The van der Waals surface area contributed by atoms with Crippen LogP contribution in [0.15, 0.2) is 0 Å². The fraction of sp³-hybridized carbons (Fsp3) is 0.909. The molecule has 5 nitrogen and oxygen atoms in total. The van der Waals surface area contributed by atoms with E-state index in [0.29, 0.717) is 19.6 Å². The first-order valence-electron chi connectivity index (χ1n) is 5.97. The molecule has 0 rings (SSSR count). The molecule has 0 aromatic heterocycles. The molecule has 0 aromatic rings. The Morgan fingerprint density at radius 2 is 1.69 bits per heavy atom. The lowest BCUT2D eigenvalue weighted by atomic mass is 10.4. The van der Waals surface area contributed by atoms with Gasteiger partial charge in [0.25, 0.3) is 0 Å². The average Bonchev–Trinajstić information content (AvgIpc) is 2.28. The van der Waals surface area contributed by atoms with Crippen molar-refractivity contribution < 1.29 is 9.90 Å². The maximum Gasteiger partial charge on any atom is 0.304 e. The van der Waals surface area contributed by atoms with E-state index in [4.69, 9.17) is 10.8 Å². The minimum atomic E-state index is -0.778. The molecule has 4 N–H and O–H groups in total. The average molecular weight is 233 g/mol. The molecule has 0 atom stereocenters. The third-order valence-electron chi connectivity index (χ3n) is 2.18. The van der Waals surface area contributed by atoms with E-state index in [9.17, 15) is 4.79 Å². The highest BCUT2D eigenvalue weighted by molar-refractivity contribution is 5.66. The summed E-state index contributed by atoms with van der Waals surface area (Å²) in [5.41, 5.74) is 5.14. The maximum absolute atomic E-state index is 9.89. The van der Waals surface area contributed by atoms with Crippen LogP contribution in [0.2, 0.25) is 0 Å². The molecule has 0 fully saturated rings. The molecule has 0 amide bonds. The van der Waals surface area contributed by atoms with Gasteiger partial charge in [-0.3, -0.25) is 4.79 Å². The van der Waals surface area contributed by atoms with Crippen molar-refractivity contribution in [3.8, 4) is 0 Å². The second kappa shape index (κ2) is 14.3. The van der Waals surface area contributed by atoms with Crippen molar-refractivity contribution in [3.05, 3.63) is 0 Å². The van der Waals surface area contributed by atoms with E-state index in [1.165, 1.54) is 19.6 Å². The van der Waals surface area contributed by atoms with Gasteiger partial charge in [-0.15, -0.1) is 0 Å². The third kappa shape index (κ3) is 15.8. The second-order valence-corrected chi connectivity index (χ2v) is 3.30. The van der Waals surface area contributed by atoms with Crippen LogP contribution in [0.25, 0.3) is 0 Å². The zero-order valence-electron chi connectivity index (χ0n) is 10.8. The quantitative estimate of drug-likeness (QED) is 0.528. The molecule has 0 aliphatic carbocycles. The van der Waals surface area contributed by atoms with Crippen molar-refractivity contribution in [2.75, 3.05) is 39.3 Å². The van der Waals surface area contributed by atoms with E-state index < -0.39 is 5.97 Å². The molecule has 0 aliphatic heterocycles. The Hall–Kier alpha value is -0.650. The van der Waals surface area contributed by atoms with Gasteiger partial charge in [0.15, 0.2) is 0 Å². The molecular weight excluding hydrogens is 206 g/mol. The number of nitrogens with zero attached hydrogens (tertiary/aromatic N) is 1. The van der Waals surface area contributed by atoms with Gasteiger partial charge in [0.05, 0.1) is 6.42 Å². The summed E-state index contributed by atoms with van der Waals surface area (Å²) in [4.78, 5) is 12.3. The smallest absolute Gasteiger partial charge is 0.304 e. The summed E-state index contributed by atoms with van der Waals surface area (Å²) in [6, 6.07) is 0. The number of carboxylic acids is 1. The fourth-order valence-electron chi connectivity index (χ4n) is 1.09. The summed E-state index contributed by atoms with van der Waals surface area (Å²) in [6.07, 6.45) is 0.167. The van der Waals surface area contributed by atoms with Crippen LogP contribution in [0.3, 0.4) is 0 Å². The van der Waals surface area contributed by atoms with Gasteiger partial charge < -0.3 is 21.1 Å². The standard InChI is InChI=1S/C6H15N.C5H12N2O2/c1-4-7(5-2)6-3;6-2-4-7-3-1-5(8)9/h4-6H2,1-3H3;7H,1-4,6H2,(H,8,9). The van der Waals surface area contributed by atoms with Gasteiger partial charge in [-0.25, -0.2) is 0 Å². The van der Waals surface area contributed by atoms with Crippen molar-refractivity contribution in [3.63, 3.8) is 0 Å². The number of carboxylic acid groups (broad SMARTS) is 1. The molecule has 0 heterocycles. The van der Waals surface area contributed by atoms with Crippen molar-refractivity contribution in [1.82, 2.24) is 10.2 Å². The van der Waals surface area contributed by atoms with Crippen LogP contribution in [0, 0.1) is 0 Å². The number of hydrogen-bond acceptors (Lipinski definition) is 4. The molecule has 0 saturated carbocycles. The number of carbonyl (C=O) groups is 1. The van der Waals surface area contributed by atoms with Gasteiger partial charge in [-0.1, -0.05) is 20.8 Å². The predicted molar refractivity (Wildman–Crippen MR) is 67.6 cm³/mol. The Bertz CT molecular complexity index is 145. The summed E-state index contributed by atoms with van der Waals surface area (Å²) in [6.45, 7) is 11.9. The zero-order valence-corrected chi connectivity index (χ0v) is 10.8. The first-order valence-corrected chi connectivity index (χ1v) is 5.97. The summed E-state index contributed by atoms with van der Waals surface area (Å²) in [7, 11) is 0. The number of rotatable bonds is 8. The Morgan fingerprint density at radius 3 is 1.94 bits per heavy atom.